The van der Waals surface area contributed by atoms with Crippen molar-refractivity contribution >= 4 is 5.91 Å². The summed E-state index contributed by atoms with van der Waals surface area (Å²) >= 11 is 0. The summed E-state index contributed by atoms with van der Waals surface area (Å²) in [6.07, 6.45) is 7.78. The third-order valence-corrected chi connectivity index (χ3v) is 4.66. The van der Waals surface area contributed by atoms with Gasteiger partial charge in [0.05, 0.1) is 17.8 Å². The van der Waals surface area contributed by atoms with Crippen LogP contribution in [0.15, 0.2) is 30.7 Å². The van der Waals surface area contributed by atoms with Crippen molar-refractivity contribution in [2.45, 2.75) is 46.1 Å². The van der Waals surface area contributed by atoms with Crippen LogP contribution in [0.5, 0.6) is 0 Å². The van der Waals surface area contributed by atoms with Gasteiger partial charge in [0.1, 0.15) is 0 Å². The molecule has 2 heterocycles. The number of carbonyl (C=O) groups excluding carboxylic acids is 1. The van der Waals surface area contributed by atoms with Crippen molar-refractivity contribution in [3.8, 4) is 0 Å². The van der Waals surface area contributed by atoms with Crippen LogP contribution in [0.3, 0.4) is 0 Å². The monoisotopic (exact) mass is 344 g/mol. The zero-order valence-electron chi connectivity index (χ0n) is 15.3. The third kappa shape index (κ3) is 4.89. The Morgan fingerprint density at radius 2 is 1.96 bits per heavy atom. The molecular weight excluding hydrogens is 316 g/mol. The van der Waals surface area contributed by atoms with E-state index in [1.807, 2.05) is 23.7 Å². The summed E-state index contributed by atoms with van der Waals surface area (Å²) in [6, 6.07) is 4.17. The number of amides is 1. The summed E-state index contributed by atoms with van der Waals surface area (Å²) in [7, 11) is 0. The molecule has 136 valence electrons. The molecule has 6 nitrogen and oxygen atoms in total. The molecule has 1 amide bonds. The highest BCUT2D eigenvalue weighted by Gasteiger charge is 2.19. The molecule has 2 rings (SSSR count). The number of pyridine rings is 1. The highest BCUT2D eigenvalue weighted by Crippen LogP contribution is 2.19. The molecule has 0 aromatic carbocycles. The normalized spacial score (nSPS) is 12.4. The van der Waals surface area contributed by atoms with Gasteiger partial charge in [-0.15, -0.1) is 0 Å². The Labute approximate surface area is 149 Å². The number of aromatic nitrogens is 3. The Balaban J connectivity index is 1.97. The van der Waals surface area contributed by atoms with Gasteiger partial charge in [0.2, 0.25) is 0 Å². The minimum atomic E-state index is -0.136. The van der Waals surface area contributed by atoms with Crippen molar-refractivity contribution in [2.75, 3.05) is 13.2 Å². The van der Waals surface area contributed by atoms with E-state index in [2.05, 4.69) is 29.2 Å². The Morgan fingerprint density at radius 3 is 2.56 bits per heavy atom. The van der Waals surface area contributed by atoms with E-state index in [-0.39, 0.29) is 18.4 Å². The summed E-state index contributed by atoms with van der Waals surface area (Å²) in [4.78, 5) is 16.5. The van der Waals surface area contributed by atoms with Gasteiger partial charge in [-0.1, -0.05) is 13.8 Å². The van der Waals surface area contributed by atoms with Gasteiger partial charge in [0, 0.05) is 37.2 Å². The summed E-state index contributed by atoms with van der Waals surface area (Å²) in [5.74, 6) is -0.163. The second kappa shape index (κ2) is 9.32. The molecule has 2 aromatic rings. The molecule has 0 fully saturated rings. The number of carbonyl (C=O) groups is 1. The van der Waals surface area contributed by atoms with E-state index in [4.69, 9.17) is 0 Å². The lowest BCUT2D eigenvalue weighted by Gasteiger charge is -2.16. The Bertz CT molecular complexity index is 665. The van der Waals surface area contributed by atoms with Crippen LogP contribution in [0.2, 0.25) is 0 Å². The molecule has 0 saturated heterocycles. The molecule has 0 unspecified atom stereocenters. The van der Waals surface area contributed by atoms with Crippen molar-refractivity contribution < 1.29 is 9.90 Å². The third-order valence-electron chi connectivity index (χ3n) is 4.66. The first-order valence-electron chi connectivity index (χ1n) is 8.92. The maximum absolute atomic E-state index is 12.5. The van der Waals surface area contributed by atoms with E-state index in [0.29, 0.717) is 24.6 Å². The predicted molar refractivity (Wildman–Crippen MR) is 97.4 cm³/mol. The first-order chi connectivity index (χ1) is 12.1. The average molecular weight is 344 g/mol. The molecular formula is C19H28N4O2. The summed E-state index contributed by atoms with van der Waals surface area (Å²) in [5, 5.41) is 16.9. The van der Waals surface area contributed by atoms with Crippen LogP contribution >= 0.6 is 0 Å². The van der Waals surface area contributed by atoms with Gasteiger partial charge in [-0.2, -0.15) is 5.10 Å². The van der Waals surface area contributed by atoms with Crippen LogP contribution in [0.25, 0.3) is 0 Å². The second-order valence-corrected chi connectivity index (χ2v) is 6.38. The number of hydrogen-bond acceptors (Lipinski definition) is 4. The van der Waals surface area contributed by atoms with E-state index in [9.17, 15) is 9.90 Å². The highest BCUT2D eigenvalue weighted by molar-refractivity contribution is 5.95. The number of nitrogens with zero attached hydrogens (tertiary/aromatic N) is 3. The molecule has 6 heteroatoms. The Kier molecular flexibility index (Phi) is 7.13. The summed E-state index contributed by atoms with van der Waals surface area (Å²) in [6.45, 7) is 6.63. The fourth-order valence-corrected chi connectivity index (χ4v) is 3.03. The van der Waals surface area contributed by atoms with Gasteiger partial charge >= 0.3 is 0 Å². The van der Waals surface area contributed by atoms with Crippen LogP contribution in [-0.2, 0) is 6.42 Å². The fourth-order valence-electron chi connectivity index (χ4n) is 3.03. The zero-order valence-corrected chi connectivity index (χ0v) is 15.3. The van der Waals surface area contributed by atoms with Crippen molar-refractivity contribution in [2.24, 2.45) is 5.92 Å². The largest absolute Gasteiger partial charge is 0.396 e. The molecule has 0 aliphatic rings. The SMILES string of the molecule is CCC(CC)n1ncc(C(=O)NC[C@H](CO)Cc2ccncc2)c1C. The van der Waals surface area contributed by atoms with Crippen LogP contribution in [-0.4, -0.2) is 38.9 Å². The standard InChI is InChI=1S/C19H28N4O2/c1-4-17(5-2)23-14(3)18(12-22-23)19(25)21-11-16(13-24)10-15-6-8-20-9-7-15/h6-9,12,16-17,24H,4-5,10-11,13H2,1-3H3,(H,21,25)/t16-/m1/s1. The molecule has 0 bridgehead atoms. The summed E-state index contributed by atoms with van der Waals surface area (Å²) < 4.78 is 1.94. The number of nitrogens with one attached hydrogen (secondary N) is 1. The molecule has 25 heavy (non-hydrogen) atoms. The lowest BCUT2D eigenvalue weighted by molar-refractivity contribution is 0.0939. The Hall–Kier alpha value is -2.21. The van der Waals surface area contributed by atoms with Gasteiger partial charge in [-0.25, -0.2) is 0 Å². The number of hydrogen-bond donors (Lipinski definition) is 2. The van der Waals surface area contributed by atoms with Gasteiger partial charge in [-0.3, -0.25) is 14.5 Å². The predicted octanol–water partition coefficient (Wildman–Crippen LogP) is 2.53. The van der Waals surface area contributed by atoms with Crippen LogP contribution < -0.4 is 5.32 Å². The first-order valence-corrected chi connectivity index (χ1v) is 8.92. The molecule has 0 saturated carbocycles. The van der Waals surface area contributed by atoms with E-state index < -0.39 is 0 Å². The van der Waals surface area contributed by atoms with Gasteiger partial charge in [0.25, 0.3) is 5.91 Å². The maximum Gasteiger partial charge on any atom is 0.254 e. The van der Waals surface area contributed by atoms with E-state index in [1.165, 1.54) is 0 Å². The molecule has 0 spiro atoms. The highest BCUT2D eigenvalue weighted by atomic mass is 16.3. The number of rotatable bonds is 9. The maximum atomic E-state index is 12.5. The average Bonchev–Trinajstić information content (AvgIpc) is 3.02. The summed E-state index contributed by atoms with van der Waals surface area (Å²) in [5.41, 5.74) is 2.59. The van der Waals surface area contributed by atoms with Gasteiger partial charge in [-0.05, 0) is 43.9 Å². The zero-order chi connectivity index (χ0) is 18.2. The molecule has 0 aliphatic carbocycles. The van der Waals surface area contributed by atoms with Crippen molar-refractivity contribution in [3.05, 3.63) is 47.5 Å². The van der Waals surface area contributed by atoms with E-state index >= 15 is 0 Å². The lowest BCUT2D eigenvalue weighted by atomic mass is 10.0. The lowest BCUT2D eigenvalue weighted by Crippen LogP contribution is -2.32. The Morgan fingerprint density at radius 1 is 1.28 bits per heavy atom. The smallest absolute Gasteiger partial charge is 0.254 e. The number of aliphatic hydroxyl groups is 1. The van der Waals surface area contributed by atoms with Gasteiger partial charge in [0.15, 0.2) is 0 Å². The van der Waals surface area contributed by atoms with E-state index in [0.717, 1.165) is 24.1 Å². The first kappa shape index (κ1) is 19.1. The van der Waals surface area contributed by atoms with Crippen molar-refractivity contribution in [1.29, 1.82) is 0 Å². The molecule has 0 radical (unpaired) electrons. The molecule has 0 aliphatic heterocycles. The van der Waals surface area contributed by atoms with Crippen LogP contribution in [0.1, 0.15) is 54.3 Å². The molecule has 1 atom stereocenters. The van der Waals surface area contributed by atoms with Crippen molar-refractivity contribution in [3.63, 3.8) is 0 Å². The minimum Gasteiger partial charge on any atom is -0.396 e. The minimum absolute atomic E-state index is 0.0224. The quantitative estimate of drug-likeness (QED) is 0.732. The second-order valence-electron chi connectivity index (χ2n) is 6.38. The fraction of sp³-hybridized carbons (Fsp3) is 0.526. The topological polar surface area (TPSA) is 80.0 Å². The van der Waals surface area contributed by atoms with E-state index in [1.54, 1.807) is 18.6 Å². The van der Waals surface area contributed by atoms with Crippen LogP contribution in [0.4, 0.5) is 0 Å². The van der Waals surface area contributed by atoms with Gasteiger partial charge < -0.3 is 10.4 Å². The van der Waals surface area contributed by atoms with Crippen molar-refractivity contribution in [1.82, 2.24) is 20.1 Å². The molecule has 2 aromatic heterocycles. The number of aliphatic hydroxyl groups excluding tert-OH is 1. The molecule has 2 N–H and O–H groups in total. The van der Waals surface area contributed by atoms with Crippen LogP contribution in [0, 0.1) is 12.8 Å².